The molecule has 4 heteroatoms. The predicted molar refractivity (Wildman–Crippen MR) is 141 cm³/mol. The molecule has 1 aliphatic heterocycles. The first kappa shape index (κ1) is 26.2. The van der Waals surface area contributed by atoms with E-state index >= 15 is 0 Å². The van der Waals surface area contributed by atoms with Gasteiger partial charge in [-0.05, 0) is 55.7 Å². The maximum Gasteiger partial charge on any atom is 0.269 e. The third kappa shape index (κ3) is 6.61. The molecule has 34 heavy (non-hydrogen) atoms. The van der Waals surface area contributed by atoms with Gasteiger partial charge >= 0.3 is 0 Å². The van der Waals surface area contributed by atoms with Gasteiger partial charge in [0, 0.05) is 30.4 Å². The van der Waals surface area contributed by atoms with Crippen LogP contribution in [-0.2, 0) is 0 Å². The van der Waals surface area contributed by atoms with Crippen LogP contribution >= 0.6 is 0 Å². The number of hydrogen-bond acceptors (Lipinski definition) is 2. The lowest BCUT2D eigenvalue weighted by atomic mass is 9.82. The SMILES string of the molecule is C=C(C)c1ccc(C(C)C)cc1.CC1=CC2NC=C(C(C)(F)F)C2C(NC2CCCC(C)C2)=C1. The summed E-state index contributed by atoms with van der Waals surface area (Å²) in [6.07, 6.45) is 10.4. The molecule has 0 radical (unpaired) electrons. The Kier molecular flexibility index (Phi) is 8.43. The number of benzene rings is 1. The van der Waals surface area contributed by atoms with Gasteiger partial charge in [0.15, 0.2) is 0 Å². The van der Waals surface area contributed by atoms with Crippen molar-refractivity contribution in [1.82, 2.24) is 10.6 Å². The highest BCUT2D eigenvalue weighted by Gasteiger charge is 2.43. The molecule has 2 nitrogen and oxygen atoms in total. The molecule has 4 unspecified atom stereocenters. The second-order valence-electron chi connectivity index (χ2n) is 10.8. The zero-order valence-electron chi connectivity index (χ0n) is 21.7. The van der Waals surface area contributed by atoms with Gasteiger partial charge in [0.1, 0.15) is 0 Å². The highest BCUT2D eigenvalue weighted by Crippen LogP contribution is 2.41. The van der Waals surface area contributed by atoms with Gasteiger partial charge in [0.05, 0.1) is 12.0 Å². The number of rotatable bonds is 5. The van der Waals surface area contributed by atoms with Crippen LogP contribution < -0.4 is 10.6 Å². The third-order valence-corrected chi connectivity index (χ3v) is 7.17. The molecule has 3 aliphatic rings. The molecule has 2 aliphatic carbocycles. The number of hydrogen-bond donors (Lipinski definition) is 2. The van der Waals surface area contributed by atoms with Crippen molar-refractivity contribution in [2.24, 2.45) is 11.8 Å². The van der Waals surface area contributed by atoms with Crippen LogP contribution in [0.2, 0.25) is 0 Å². The smallest absolute Gasteiger partial charge is 0.269 e. The number of fused-ring (bicyclic) bond motifs is 1. The lowest BCUT2D eigenvalue weighted by molar-refractivity contribution is 0.0545. The lowest BCUT2D eigenvalue weighted by Crippen LogP contribution is -2.41. The highest BCUT2D eigenvalue weighted by molar-refractivity contribution is 5.61. The minimum atomic E-state index is -2.79. The van der Waals surface area contributed by atoms with Crippen LogP contribution in [0.25, 0.3) is 5.57 Å². The van der Waals surface area contributed by atoms with E-state index in [1.807, 2.05) is 19.9 Å². The summed E-state index contributed by atoms with van der Waals surface area (Å²) in [5, 5.41) is 6.72. The first-order valence-electron chi connectivity index (χ1n) is 12.7. The van der Waals surface area contributed by atoms with E-state index in [9.17, 15) is 8.78 Å². The molecule has 0 amide bonds. The average Bonchev–Trinajstić information content (AvgIpc) is 3.19. The van der Waals surface area contributed by atoms with Gasteiger partial charge in [-0.25, -0.2) is 8.78 Å². The minimum absolute atomic E-state index is 0.0469. The van der Waals surface area contributed by atoms with Crippen molar-refractivity contribution in [1.29, 1.82) is 0 Å². The number of allylic oxidation sites excluding steroid dienone is 3. The molecule has 1 aromatic rings. The largest absolute Gasteiger partial charge is 0.385 e. The van der Waals surface area contributed by atoms with E-state index in [0.717, 1.165) is 36.6 Å². The van der Waals surface area contributed by atoms with Gasteiger partial charge in [0.25, 0.3) is 5.92 Å². The summed E-state index contributed by atoms with van der Waals surface area (Å²) >= 11 is 0. The summed E-state index contributed by atoms with van der Waals surface area (Å²) in [5.41, 5.74) is 6.05. The highest BCUT2D eigenvalue weighted by atomic mass is 19.3. The van der Waals surface area contributed by atoms with Gasteiger partial charge in [-0.15, -0.1) is 0 Å². The summed E-state index contributed by atoms with van der Waals surface area (Å²) in [6.45, 7) is 15.6. The Morgan fingerprint density at radius 1 is 1.18 bits per heavy atom. The molecule has 1 aromatic carbocycles. The number of alkyl halides is 2. The second kappa shape index (κ2) is 10.9. The van der Waals surface area contributed by atoms with Crippen LogP contribution in [0, 0.1) is 11.8 Å². The van der Waals surface area contributed by atoms with Crippen molar-refractivity contribution in [3.8, 4) is 0 Å². The third-order valence-electron chi connectivity index (χ3n) is 7.17. The van der Waals surface area contributed by atoms with E-state index in [2.05, 4.69) is 68.3 Å². The van der Waals surface area contributed by atoms with Gasteiger partial charge < -0.3 is 10.6 Å². The molecule has 0 spiro atoms. The Balaban J connectivity index is 0.000000229. The van der Waals surface area contributed by atoms with Crippen molar-refractivity contribution in [2.75, 3.05) is 0 Å². The van der Waals surface area contributed by atoms with Crippen molar-refractivity contribution in [3.05, 3.63) is 77.2 Å². The van der Waals surface area contributed by atoms with Crippen LogP contribution in [0.4, 0.5) is 8.78 Å². The predicted octanol–water partition coefficient (Wildman–Crippen LogP) is 7.97. The van der Waals surface area contributed by atoms with E-state index in [0.29, 0.717) is 17.9 Å². The lowest BCUT2D eigenvalue weighted by Gasteiger charge is -2.35. The molecule has 0 aromatic heterocycles. The number of halogens is 2. The fraction of sp³-hybridized carbons (Fsp3) is 0.533. The summed E-state index contributed by atoms with van der Waals surface area (Å²) in [5.74, 6) is -1.72. The fourth-order valence-corrected chi connectivity index (χ4v) is 5.22. The molecule has 4 rings (SSSR count). The van der Waals surface area contributed by atoms with Crippen molar-refractivity contribution in [2.45, 2.75) is 91.1 Å². The van der Waals surface area contributed by atoms with Crippen LogP contribution in [-0.4, -0.2) is 18.0 Å². The van der Waals surface area contributed by atoms with Crippen LogP contribution in [0.15, 0.2) is 66.0 Å². The fourth-order valence-electron chi connectivity index (χ4n) is 5.22. The quantitative estimate of drug-likeness (QED) is 0.458. The van der Waals surface area contributed by atoms with Crippen molar-refractivity contribution < 1.29 is 8.78 Å². The first-order chi connectivity index (χ1) is 16.0. The van der Waals surface area contributed by atoms with E-state index < -0.39 is 5.92 Å². The van der Waals surface area contributed by atoms with E-state index in [1.165, 1.54) is 30.2 Å². The molecule has 0 bridgehead atoms. The Labute approximate surface area is 205 Å². The molecular formula is C30H42F2N2. The summed E-state index contributed by atoms with van der Waals surface area (Å²) < 4.78 is 27.9. The normalized spacial score (nSPS) is 26.3. The Bertz CT molecular complexity index is 947. The summed E-state index contributed by atoms with van der Waals surface area (Å²) in [4.78, 5) is 0. The average molecular weight is 469 g/mol. The van der Waals surface area contributed by atoms with E-state index in [1.54, 1.807) is 0 Å². The van der Waals surface area contributed by atoms with Gasteiger partial charge in [0.2, 0.25) is 0 Å². The van der Waals surface area contributed by atoms with Gasteiger partial charge in [-0.3, -0.25) is 0 Å². The Hall–Kier alpha value is -2.36. The molecule has 1 fully saturated rings. The summed E-state index contributed by atoms with van der Waals surface area (Å²) in [7, 11) is 0. The molecule has 2 N–H and O–H groups in total. The molecule has 1 saturated carbocycles. The molecule has 1 heterocycles. The van der Waals surface area contributed by atoms with E-state index in [-0.39, 0.29) is 17.5 Å². The second-order valence-corrected chi connectivity index (χ2v) is 10.8. The minimum Gasteiger partial charge on any atom is -0.385 e. The van der Waals surface area contributed by atoms with Crippen molar-refractivity contribution in [3.63, 3.8) is 0 Å². The van der Waals surface area contributed by atoms with Crippen LogP contribution in [0.3, 0.4) is 0 Å². The maximum absolute atomic E-state index is 13.9. The molecule has 4 atom stereocenters. The maximum atomic E-state index is 13.9. The Morgan fingerprint density at radius 3 is 2.41 bits per heavy atom. The zero-order valence-corrected chi connectivity index (χ0v) is 21.7. The molecular weight excluding hydrogens is 426 g/mol. The van der Waals surface area contributed by atoms with Crippen LogP contribution in [0.1, 0.15) is 84.3 Å². The summed E-state index contributed by atoms with van der Waals surface area (Å²) in [6, 6.07) is 8.99. The topological polar surface area (TPSA) is 24.1 Å². The van der Waals surface area contributed by atoms with Crippen LogP contribution in [0.5, 0.6) is 0 Å². The monoisotopic (exact) mass is 468 g/mol. The Morgan fingerprint density at radius 2 is 1.85 bits per heavy atom. The standard InChI is InChI=1S/C18H26F2N2.C12H16/c1-11-5-4-6-13(7-11)22-16-9-12(2)8-15-17(16)14(10-21-15)18(3,19)20;1-9(2)11-5-7-12(8-6-11)10(3)4/h8-11,13,15,17,21-22H,4-7H2,1-3H3;5-8,10H,1H2,2-4H3. The molecule has 0 saturated heterocycles. The van der Waals surface area contributed by atoms with E-state index in [4.69, 9.17) is 0 Å². The van der Waals surface area contributed by atoms with Gasteiger partial charge in [-0.1, -0.05) is 81.7 Å². The molecule has 186 valence electrons. The zero-order chi connectivity index (χ0) is 25.0. The van der Waals surface area contributed by atoms with Gasteiger partial charge in [-0.2, -0.15) is 0 Å². The first-order valence-corrected chi connectivity index (χ1v) is 12.7. The van der Waals surface area contributed by atoms with Crippen molar-refractivity contribution >= 4 is 5.57 Å². The number of nitrogens with one attached hydrogen (secondary N) is 2.